The summed E-state index contributed by atoms with van der Waals surface area (Å²) in [5.41, 5.74) is 0.687. The van der Waals surface area contributed by atoms with Gasteiger partial charge in [-0.3, -0.25) is 9.59 Å². The van der Waals surface area contributed by atoms with Gasteiger partial charge in [-0.2, -0.15) is 13.2 Å². The average Bonchev–Trinajstić information content (AvgIpc) is 2.44. The van der Waals surface area contributed by atoms with Crippen molar-refractivity contribution in [2.75, 3.05) is 18.9 Å². The fraction of sp³-hybridized carbons (Fsp3) is 0.429. The Morgan fingerprint density at radius 1 is 1.36 bits per heavy atom. The van der Waals surface area contributed by atoms with Gasteiger partial charge >= 0.3 is 6.18 Å². The third-order valence-electron chi connectivity index (χ3n) is 3.22. The number of carbonyl (C=O) groups is 2. The highest BCUT2D eigenvalue weighted by Gasteiger charge is 2.31. The van der Waals surface area contributed by atoms with Crippen molar-refractivity contribution in [2.24, 2.45) is 0 Å². The van der Waals surface area contributed by atoms with Gasteiger partial charge < -0.3 is 10.2 Å². The van der Waals surface area contributed by atoms with Crippen molar-refractivity contribution >= 4 is 29.3 Å². The monoisotopic (exact) mass is 332 g/mol. The first-order valence-electron chi connectivity index (χ1n) is 6.63. The second-order valence-electron chi connectivity index (χ2n) is 4.98. The van der Waals surface area contributed by atoms with Gasteiger partial charge in [-0.25, -0.2) is 0 Å². The molecule has 8 heteroatoms. The lowest BCUT2D eigenvalue weighted by Crippen LogP contribution is -2.37. The van der Waals surface area contributed by atoms with E-state index in [2.05, 4.69) is 5.32 Å². The van der Waals surface area contributed by atoms with Crippen molar-refractivity contribution in [1.29, 1.82) is 0 Å². The SMILES string of the molecule is CN(CCC(F)(F)F)C(=O)CC1Sc2ccccc2NC1=O. The summed E-state index contributed by atoms with van der Waals surface area (Å²) in [5.74, 6) is -0.780. The molecule has 0 spiro atoms. The second-order valence-corrected chi connectivity index (χ2v) is 6.22. The standard InChI is InChI=1S/C14H15F3N2O2S/c1-19(7-6-14(15,16)17)12(20)8-11-13(21)18-9-4-2-3-5-10(9)22-11/h2-5,11H,6-8H2,1H3,(H,18,21). The topological polar surface area (TPSA) is 49.4 Å². The summed E-state index contributed by atoms with van der Waals surface area (Å²) in [7, 11) is 1.31. The first kappa shape index (κ1) is 16.7. The summed E-state index contributed by atoms with van der Waals surface area (Å²) in [5, 5.41) is 2.07. The lowest BCUT2D eigenvalue weighted by molar-refractivity contribution is -0.144. The van der Waals surface area contributed by atoms with Crippen LogP contribution in [-0.4, -0.2) is 41.7 Å². The average molecular weight is 332 g/mol. The Bertz CT molecular complexity index is 577. The predicted octanol–water partition coefficient (Wildman–Crippen LogP) is 2.90. The van der Waals surface area contributed by atoms with Crippen molar-refractivity contribution in [1.82, 2.24) is 4.90 Å². The molecule has 1 aliphatic rings. The molecule has 1 N–H and O–H groups in total. The van der Waals surface area contributed by atoms with Crippen molar-refractivity contribution in [2.45, 2.75) is 29.2 Å². The largest absolute Gasteiger partial charge is 0.390 e. The van der Waals surface area contributed by atoms with Crippen LogP contribution in [0.2, 0.25) is 0 Å². The van der Waals surface area contributed by atoms with Crippen LogP contribution >= 0.6 is 11.8 Å². The van der Waals surface area contributed by atoms with Gasteiger partial charge in [0.15, 0.2) is 0 Å². The van der Waals surface area contributed by atoms with Crippen LogP contribution in [-0.2, 0) is 9.59 Å². The second kappa shape index (κ2) is 6.60. The molecule has 0 saturated carbocycles. The number of para-hydroxylation sites is 1. The number of alkyl halides is 3. The van der Waals surface area contributed by atoms with E-state index in [0.717, 1.165) is 9.80 Å². The fourth-order valence-corrected chi connectivity index (χ4v) is 3.06. The number of fused-ring (bicyclic) bond motifs is 1. The fourth-order valence-electron chi connectivity index (χ4n) is 1.96. The van der Waals surface area contributed by atoms with Gasteiger partial charge in [0.1, 0.15) is 0 Å². The number of nitrogens with one attached hydrogen (secondary N) is 1. The van der Waals surface area contributed by atoms with E-state index in [9.17, 15) is 22.8 Å². The van der Waals surface area contributed by atoms with Crippen molar-refractivity contribution < 1.29 is 22.8 Å². The van der Waals surface area contributed by atoms with Crippen LogP contribution in [0.4, 0.5) is 18.9 Å². The minimum atomic E-state index is -4.30. The van der Waals surface area contributed by atoms with Crippen LogP contribution in [0.5, 0.6) is 0 Å². The number of nitrogens with zero attached hydrogens (tertiary/aromatic N) is 1. The van der Waals surface area contributed by atoms with Crippen molar-refractivity contribution in [3.8, 4) is 0 Å². The molecule has 1 heterocycles. The van der Waals surface area contributed by atoms with Gasteiger partial charge in [-0.15, -0.1) is 11.8 Å². The third kappa shape index (κ3) is 4.40. The van der Waals surface area contributed by atoms with E-state index in [1.54, 1.807) is 12.1 Å². The number of anilines is 1. The minimum absolute atomic E-state index is 0.126. The van der Waals surface area contributed by atoms with E-state index in [1.807, 2.05) is 12.1 Å². The Labute approximate surface area is 130 Å². The van der Waals surface area contributed by atoms with Crippen LogP contribution in [0.15, 0.2) is 29.2 Å². The zero-order chi connectivity index (χ0) is 16.3. The molecule has 0 saturated heterocycles. The molecule has 22 heavy (non-hydrogen) atoms. The smallest absolute Gasteiger partial charge is 0.345 e. The molecule has 0 aliphatic carbocycles. The Morgan fingerprint density at radius 2 is 2.05 bits per heavy atom. The Balaban J connectivity index is 1.93. The third-order valence-corrected chi connectivity index (χ3v) is 4.50. The quantitative estimate of drug-likeness (QED) is 0.922. The highest BCUT2D eigenvalue weighted by molar-refractivity contribution is 8.01. The van der Waals surface area contributed by atoms with Crippen LogP contribution in [0.25, 0.3) is 0 Å². The molecule has 4 nitrogen and oxygen atoms in total. The number of carbonyl (C=O) groups excluding carboxylic acids is 2. The summed E-state index contributed by atoms with van der Waals surface area (Å²) in [4.78, 5) is 25.8. The van der Waals surface area contributed by atoms with E-state index in [1.165, 1.54) is 18.8 Å². The summed E-state index contributed by atoms with van der Waals surface area (Å²) >= 11 is 1.25. The van der Waals surface area contributed by atoms with E-state index in [0.29, 0.717) is 5.69 Å². The van der Waals surface area contributed by atoms with Gasteiger partial charge in [0.05, 0.1) is 17.4 Å². The maximum Gasteiger partial charge on any atom is 0.390 e. The van der Waals surface area contributed by atoms with Gasteiger partial charge in [0.25, 0.3) is 0 Å². The van der Waals surface area contributed by atoms with Gasteiger partial charge in [0, 0.05) is 24.9 Å². The maximum absolute atomic E-state index is 12.2. The zero-order valence-electron chi connectivity index (χ0n) is 11.8. The van der Waals surface area contributed by atoms with Gasteiger partial charge in [-0.05, 0) is 12.1 Å². The lowest BCUT2D eigenvalue weighted by Gasteiger charge is -2.25. The molecule has 2 rings (SSSR count). The van der Waals surface area contributed by atoms with Crippen LogP contribution in [0.1, 0.15) is 12.8 Å². The maximum atomic E-state index is 12.2. The molecule has 0 fully saturated rings. The predicted molar refractivity (Wildman–Crippen MR) is 77.6 cm³/mol. The Hall–Kier alpha value is -1.70. The van der Waals surface area contributed by atoms with E-state index in [-0.39, 0.29) is 12.3 Å². The summed E-state index contributed by atoms with van der Waals surface area (Å²) in [6.07, 6.45) is -5.48. The molecule has 0 radical (unpaired) electrons. The molecule has 1 aromatic rings. The highest BCUT2D eigenvalue weighted by atomic mass is 32.2. The summed E-state index contributed by atoms with van der Waals surface area (Å²) in [6.45, 7) is -0.405. The molecule has 0 aromatic heterocycles. The van der Waals surface area contributed by atoms with Crippen LogP contribution in [0.3, 0.4) is 0 Å². The number of thioether (sulfide) groups is 1. The van der Waals surface area contributed by atoms with Crippen molar-refractivity contribution in [3.63, 3.8) is 0 Å². The molecular formula is C14H15F3N2O2S. The highest BCUT2D eigenvalue weighted by Crippen LogP contribution is 2.36. The molecule has 1 atom stereocenters. The van der Waals surface area contributed by atoms with Gasteiger partial charge in [0.2, 0.25) is 11.8 Å². The summed E-state index contributed by atoms with van der Waals surface area (Å²) < 4.78 is 36.5. The molecule has 0 bridgehead atoms. The molecular weight excluding hydrogens is 317 g/mol. The number of halogens is 3. The first-order chi connectivity index (χ1) is 10.3. The molecule has 1 aliphatic heterocycles. The molecule has 2 amide bonds. The van der Waals surface area contributed by atoms with E-state index >= 15 is 0 Å². The Morgan fingerprint density at radius 3 is 2.73 bits per heavy atom. The van der Waals surface area contributed by atoms with E-state index < -0.39 is 30.3 Å². The normalized spacial score (nSPS) is 17.6. The van der Waals surface area contributed by atoms with Crippen LogP contribution in [0, 0.1) is 0 Å². The molecule has 1 unspecified atom stereocenters. The molecule has 1 aromatic carbocycles. The summed E-state index contributed by atoms with van der Waals surface area (Å²) in [6, 6.07) is 7.19. The van der Waals surface area contributed by atoms with Gasteiger partial charge in [-0.1, -0.05) is 12.1 Å². The minimum Gasteiger partial charge on any atom is -0.345 e. The lowest BCUT2D eigenvalue weighted by atomic mass is 10.2. The first-order valence-corrected chi connectivity index (χ1v) is 7.51. The number of amides is 2. The molecule has 120 valence electrons. The van der Waals surface area contributed by atoms with Crippen molar-refractivity contribution in [3.05, 3.63) is 24.3 Å². The number of rotatable bonds is 4. The van der Waals surface area contributed by atoms with E-state index in [4.69, 9.17) is 0 Å². The van der Waals surface area contributed by atoms with Crippen LogP contribution < -0.4 is 5.32 Å². The zero-order valence-corrected chi connectivity index (χ0v) is 12.6. The number of benzene rings is 1. The number of hydrogen-bond donors (Lipinski definition) is 1. The number of hydrogen-bond acceptors (Lipinski definition) is 3. The Kier molecular flexibility index (Phi) is 5.00.